The Hall–Kier alpha value is -0.300. The molecule has 94 valence electrons. The highest BCUT2D eigenvalue weighted by molar-refractivity contribution is 5.15. The van der Waals surface area contributed by atoms with Gasteiger partial charge >= 0.3 is 0 Å². The van der Waals surface area contributed by atoms with Crippen LogP contribution in [0.3, 0.4) is 0 Å². The van der Waals surface area contributed by atoms with Gasteiger partial charge in [-0.25, -0.2) is 0 Å². The van der Waals surface area contributed by atoms with Crippen molar-refractivity contribution in [3.63, 3.8) is 0 Å². The Kier molecular flexibility index (Phi) is 6.12. The molecule has 0 fully saturated rings. The molecule has 0 saturated carbocycles. The summed E-state index contributed by atoms with van der Waals surface area (Å²) in [5.41, 5.74) is 7.97. The third kappa shape index (κ3) is 5.16. The van der Waals surface area contributed by atoms with Crippen molar-refractivity contribution in [2.45, 2.75) is 83.6 Å². The van der Waals surface area contributed by atoms with Gasteiger partial charge in [0.15, 0.2) is 0 Å². The second-order valence-electron chi connectivity index (χ2n) is 5.67. The Labute approximate surface area is 101 Å². The first-order chi connectivity index (χ1) is 7.66. The predicted molar refractivity (Wildman–Crippen MR) is 72.5 cm³/mol. The molecule has 0 bridgehead atoms. The maximum Gasteiger partial charge on any atom is 0.0226 e. The standard InChI is InChI=1S/C15H29N/c1-3-4-5-6-7-8-9-11-15(16)12-10-14(2)13-15/h10H,3-9,11-13,16H2,1-2H3. The number of rotatable bonds is 8. The van der Waals surface area contributed by atoms with Gasteiger partial charge in [0.1, 0.15) is 0 Å². The Bertz CT molecular complexity index is 219. The van der Waals surface area contributed by atoms with Gasteiger partial charge in [0, 0.05) is 5.54 Å². The lowest BCUT2D eigenvalue weighted by Crippen LogP contribution is -2.36. The fourth-order valence-corrected chi connectivity index (χ4v) is 2.70. The van der Waals surface area contributed by atoms with Crippen molar-refractivity contribution < 1.29 is 0 Å². The van der Waals surface area contributed by atoms with E-state index < -0.39 is 0 Å². The molecular weight excluding hydrogens is 194 g/mol. The zero-order chi connectivity index (χ0) is 11.9. The highest BCUT2D eigenvalue weighted by Crippen LogP contribution is 2.31. The molecule has 1 aliphatic rings. The van der Waals surface area contributed by atoms with Crippen molar-refractivity contribution in [1.82, 2.24) is 0 Å². The summed E-state index contributed by atoms with van der Waals surface area (Å²) in [6, 6.07) is 0. The van der Waals surface area contributed by atoms with Crippen LogP contribution in [0, 0.1) is 0 Å². The second-order valence-corrected chi connectivity index (χ2v) is 5.67. The van der Waals surface area contributed by atoms with E-state index >= 15 is 0 Å². The van der Waals surface area contributed by atoms with Crippen LogP contribution in [0.15, 0.2) is 11.6 Å². The van der Waals surface area contributed by atoms with E-state index in [9.17, 15) is 0 Å². The van der Waals surface area contributed by atoms with Crippen molar-refractivity contribution in [3.8, 4) is 0 Å². The van der Waals surface area contributed by atoms with Crippen LogP contribution in [0.2, 0.25) is 0 Å². The molecule has 0 aromatic heterocycles. The molecule has 0 amide bonds. The Morgan fingerprint density at radius 1 is 1.12 bits per heavy atom. The Morgan fingerprint density at radius 2 is 1.75 bits per heavy atom. The Balaban J connectivity index is 1.95. The lowest BCUT2D eigenvalue weighted by Gasteiger charge is -2.24. The molecule has 1 heteroatoms. The molecule has 0 radical (unpaired) electrons. The summed E-state index contributed by atoms with van der Waals surface area (Å²) in [4.78, 5) is 0. The molecule has 1 unspecified atom stereocenters. The molecule has 2 N–H and O–H groups in total. The zero-order valence-electron chi connectivity index (χ0n) is 11.2. The highest BCUT2D eigenvalue weighted by Gasteiger charge is 2.27. The fourth-order valence-electron chi connectivity index (χ4n) is 2.70. The summed E-state index contributed by atoms with van der Waals surface area (Å²) in [6.45, 7) is 4.48. The van der Waals surface area contributed by atoms with E-state index in [1.54, 1.807) is 0 Å². The van der Waals surface area contributed by atoms with Gasteiger partial charge in [-0.2, -0.15) is 0 Å². The molecule has 0 heterocycles. The van der Waals surface area contributed by atoms with Crippen LogP contribution in [-0.4, -0.2) is 5.54 Å². The van der Waals surface area contributed by atoms with Gasteiger partial charge in [-0.3, -0.25) is 0 Å². The molecular formula is C15H29N. The van der Waals surface area contributed by atoms with Crippen LogP contribution in [-0.2, 0) is 0 Å². The van der Waals surface area contributed by atoms with Crippen molar-refractivity contribution in [2.75, 3.05) is 0 Å². The van der Waals surface area contributed by atoms with E-state index in [1.807, 2.05) is 0 Å². The normalized spacial score (nSPS) is 24.8. The van der Waals surface area contributed by atoms with Gasteiger partial charge < -0.3 is 5.73 Å². The summed E-state index contributed by atoms with van der Waals surface area (Å²) >= 11 is 0. The van der Waals surface area contributed by atoms with E-state index in [2.05, 4.69) is 19.9 Å². The largest absolute Gasteiger partial charge is 0.325 e. The van der Waals surface area contributed by atoms with Crippen LogP contribution in [0.4, 0.5) is 0 Å². The van der Waals surface area contributed by atoms with E-state index in [4.69, 9.17) is 5.73 Å². The molecule has 1 rings (SSSR count). The summed E-state index contributed by atoms with van der Waals surface area (Å²) in [6.07, 6.45) is 15.5. The third-order valence-electron chi connectivity index (χ3n) is 3.77. The van der Waals surface area contributed by atoms with Crippen LogP contribution in [0.1, 0.15) is 78.1 Å². The minimum absolute atomic E-state index is 0.119. The van der Waals surface area contributed by atoms with Crippen molar-refractivity contribution in [1.29, 1.82) is 0 Å². The first kappa shape index (κ1) is 13.8. The molecule has 1 atom stereocenters. The smallest absolute Gasteiger partial charge is 0.0226 e. The number of unbranched alkanes of at least 4 members (excludes halogenated alkanes) is 6. The van der Waals surface area contributed by atoms with Gasteiger partial charge in [0.25, 0.3) is 0 Å². The maximum absolute atomic E-state index is 6.36. The van der Waals surface area contributed by atoms with Crippen molar-refractivity contribution in [2.24, 2.45) is 5.73 Å². The molecule has 16 heavy (non-hydrogen) atoms. The maximum atomic E-state index is 6.36. The van der Waals surface area contributed by atoms with Crippen molar-refractivity contribution in [3.05, 3.63) is 11.6 Å². The second kappa shape index (κ2) is 7.11. The quantitative estimate of drug-likeness (QED) is 0.473. The zero-order valence-corrected chi connectivity index (χ0v) is 11.2. The van der Waals surface area contributed by atoms with Crippen LogP contribution in [0.5, 0.6) is 0 Å². The predicted octanol–water partition coefficient (Wildman–Crippen LogP) is 4.56. The first-order valence-corrected chi connectivity index (χ1v) is 7.11. The third-order valence-corrected chi connectivity index (χ3v) is 3.77. The first-order valence-electron chi connectivity index (χ1n) is 7.11. The van der Waals surface area contributed by atoms with Crippen LogP contribution in [0.25, 0.3) is 0 Å². The van der Waals surface area contributed by atoms with E-state index in [0.717, 1.165) is 12.8 Å². The summed E-state index contributed by atoms with van der Waals surface area (Å²) in [5.74, 6) is 0. The lowest BCUT2D eigenvalue weighted by atomic mass is 9.89. The van der Waals surface area contributed by atoms with Gasteiger partial charge in [-0.15, -0.1) is 0 Å². The SMILES string of the molecule is CCCCCCCCCC1(N)CC=C(C)C1. The fraction of sp³-hybridized carbons (Fsp3) is 0.867. The average molecular weight is 223 g/mol. The summed E-state index contributed by atoms with van der Waals surface area (Å²) in [5, 5.41) is 0. The van der Waals surface area contributed by atoms with E-state index in [-0.39, 0.29) is 5.54 Å². The van der Waals surface area contributed by atoms with Crippen LogP contribution < -0.4 is 5.73 Å². The topological polar surface area (TPSA) is 26.0 Å². The molecule has 0 spiro atoms. The van der Waals surface area contributed by atoms with Gasteiger partial charge in [0.05, 0.1) is 0 Å². The number of hydrogen-bond acceptors (Lipinski definition) is 1. The molecule has 1 aliphatic carbocycles. The average Bonchev–Trinajstić information content (AvgIpc) is 2.58. The van der Waals surface area contributed by atoms with Gasteiger partial charge in [-0.05, 0) is 26.2 Å². The van der Waals surface area contributed by atoms with Crippen LogP contribution >= 0.6 is 0 Å². The number of nitrogens with two attached hydrogens (primary N) is 1. The monoisotopic (exact) mass is 223 g/mol. The van der Waals surface area contributed by atoms with Gasteiger partial charge in [0.2, 0.25) is 0 Å². The number of hydrogen-bond donors (Lipinski definition) is 1. The highest BCUT2D eigenvalue weighted by atomic mass is 14.7. The molecule has 1 nitrogen and oxygen atoms in total. The van der Waals surface area contributed by atoms with Crippen molar-refractivity contribution >= 4 is 0 Å². The Morgan fingerprint density at radius 3 is 2.31 bits per heavy atom. The lowest BCUT2D eigenvalue weighted by molar-refractivity contribution is 0.392. The molecule has 0 saturated heterocycles. The molecule has 0 aromatic carbocycles. The van der Waals surface area contributed by atoms with Gasteiger partial charge in [-0.1, -0.05) is 63.5 Å². The molecule has 0 aliphatic heterocycles. The minimum atomic E-state index is 0.119. The van der Waals surface area contributed by atoms with E-state index in [1.165, 1.54) is 56.9 Å². The summed E-state index contributed by atoms with van der Waals surface area (Å²) in [7, 11) is 0. The van der Waals surface area contributed by atoms with E-state index in [0.29, 0.717) is 0 Å². The minimum Gasteiger partial charge on any atom is -0.325 e. The molecule has 0 aromatic rings. The summed E-state index contributed by atoms with van der Waals surface area (Å²) < 4.78 is 0.